The van der Waals surface area contributed by atoms with Gasteiger partial charge in [0.25, 0.3) is 0 Å². The van der Waals surface area contributed by atoms with E-state index < -0.39 is 24.4 Å². The maximum atomic E-state index is 14.2. The van der Waals surface area contributed by atoms with E-state index in [1.54, 1.807) is 0 Å². The van der Waals surface area contributed by atoms with Gasteiger partial charge in [0.2, 0.25) is 5.91 Å². The quantitative estimate of drug-likeness (QED) is 0.387. The molecular weight excluding hydrogens is 407 g/mol. The Hall–Kier alpha value is -1.35. The summed E-state index contributed by atoms with van der Waals surface area (Å²) in [6, 6.07) is 0.221. The number of halogens is 3. The number of hydrogen-bond acceptors (Lipinski definition) is 4. The van der Waals surface area contributed by atoms with E-state index >= 15 is 0 Å². The number of carbonyl (C=O) groups excluding carboxylic acids is 1. The molecule has 178 valence electrons. The summed E-state index contributed by atoms with van der Waals surface area (Å²) in [5, 5.41) is 6.02. The average Bonchev–Trinajstić information content (AvgIpc) is 3.20. The van der Waals surface area contributed by atoms with Crippen molar-refractivity contribution < 1.29 is 18.0 Å². The lowest BCUT2D eigenvalue weighted by molar-refractivity contribution is -0.125. The molecule has 9 heteroatoms. The van der Waals surface area contributed by atoms with Gasteiger partial charge in [0, 0.05) is 24.4 Å². The topological polar surface area (TPSA) is 77.6 Å². The molecule has 4 N–H and O–H groups in total. The lowest BCUT2D eigenvalue weighted by Crippen LogP contribution is -2.49. The van der Waals surface area contributed by atoms with E-state index in [-0.39, 0.29) is 48.8 Å². The van der Waals surface area contributed by atoms with Crippen LogP contribution < -0.4 is 21.5 Å². The Labute approximate surface area is 183 Å². The van der Waals surface area contributed by atoms with E-state index in [0.717, 1.165) is 19.3 Å². The molecule has 31 heavy (non-hydrogen) atoms. The summed E-state index contributed by atoms with van der Waals surface area (Å²) in [5.41, 5.74) is 6.41. The first kappa shape index (κ1) is 24.3. The third-order valence-electron chi connectivity index (χ3n) is 7.21. The monoisotopic (exact) mass is 445 g/mol. The van der Waals surface area contributed by atoms with Crippen molar-refractivity contribution in [2.75, 3.05) is 0 Å². The maximum absolute atomic E-state index is 14.2. The summed E-state index contributed by atoms with van der Waals surface area (Å²) in [5.74, 6) is -0.154. The van der Waals surface area contributed by atoms with Gasteiger partial charge < -0.3 is 5.32 Å². The Morgan fingerprint density at radius 3 is 2.48 bits per heavy atom. The fourth-order valence-electron chi connectivity index (χ4n) is 4.75. The molecule has 3 aliphatic rings. The molecule has 0 spiro atoms. The number of alkyl halides is 3. The molecular formula is C22H38F3N5O. The Kier molecular flexibility index (Phi) is 8.61. The zero-order chi connectivity index (χ0) is 22.5. The molecule has 9 atom stereocenters. The highest BCUT2D eigenvalue weighted by Crippen LogP contribution is 2.35. The van der Waals surface area contributed by atoms with Crippen LogP contribution >= 0.6 is 0 Å². The Morgan fingerprint density at radius 1 is 1.03 bits per heavy atom. The number of nitrogens with zero attached hydrogens (tertiary/aromatic N) is 1. The third-order valence-corrected chi connectivity index (χ3v) is 7.21. The van der Waals surface area contributed by atoms with Gasteiger partial charge in [0.05, 0.1) is 0 Å². The molecule has 0 aromatic rings. The van der Waals surface area contributed by atoms with Gasteiger partial charge >= 0.3 is 0 Å². The number of carbonyl (C=O) groups is 1. The van der Waals surface area contributed by atoms with Crippen LogP contribution in [0, 0.1) is 17.8 Å². The molecule has 0 aromatic carbocycles. The van der Waals surface area contributed by atoms with Crippen LogP contribution in [-0.4, -0.2) is 48.6 Å². The normalized spacial score (nSPS) is 40.4. The number of nitrogens with one attached hydrogen (secondary N) is 4. The lowest BCUT2D eigenvalue weighted by atomic mass is 9.77. The van der Waals surface area contributed by atoms with Crippen LogP contribution in [0.1, 0.15) is 72.1 Å². The molecule has 1 amide bonds. The number of hydrogen-bond donors (Lipinski definition) is 4. The van der Waals surface area contributed by atoms with Crippen LogP contribution in [0.5, 0.6) is 0 Å². The number of aliphatic imine (C=N–C) groups is 1. The summed E-state index contributed by atoms with van der Waals surface area (Å²) >= 11 is 0. The van der Waals surface area contributed by atoms with Crippen LogP contribution in [0.15, 0.2) is 4.99 Å². The number of rotatable bonds is 5. The standard InChI is InChI=1S/C22H38F3N5O/c1-4-13(3)26-22(28-21(31)15-7-8-16(23)18(25)10-15)27-20-11-19(29-30-20)14-6-5-12(2)17(24)9-14/h12-20,29-30H,4-11H2,1-3H3,(H2,26,27,28,31). The first-order valence-corrected chi connectivity index (χ1v) is 11.8. The predicted molar refractivity (Wildman–Crippen MR) is 115 cm³/mol. The zero-order valence-corrected chi connectivity index (χ0v) is 18.8. The first-order valence-electron chi connectivity index (χ1n) is 11.8. The molecule has 3 fully saturated rings. The van der Waals surface area contributed by atoms with Crippen molar-refractivity contribution in [3.8, 4) is 0 Å². The second-order valence-electron chi connectivity index (χ2n) is 9.68. The number of hydrazine groups is 1. The summed E-state index contributed by atoms with van der Waals surface area (Å²) in [7, 11) is 0. The molecule has 0 bridgehead atoms. The highest BCUT2D eigenvalue weighted by molar-refractivity contribution is 5.98. The minimum atomic E-state index is -1.59. The molecule has 0 radical (unpaired) electrons. The second kappa shape index (κ2) is 11.0. The van der Waals surface area contributed by atoms with Gasteiger partial charge in [-0.1, -0.05) is 13.8 Å². The van der Waals surface area contributed by atoms with Crippen molar-refractivity contribution >= 4 is 11.9 Å². The van der Waals surface area contributed by atoms with Gasteiger partial charge in [-0.2, -0.15) is 0 Å². The molecule has 1 aliphatic heterocycles. The van der Waals surface area contributed by atoms with E-state index in [1.807, 2.05) is 20.8 Å². The summed E-state index contributed by atoms with van der Waals surface area (Å²) in [4.78, 5) is 17.3. The fourth-order valence-corrected chi connectivity index (χ4v) is 4.75. The highest BCUT2D eigenvalue weighted by Gasteiger charge is 2.37. The van der Waals surface area contributed by atoms with Gasteiger partial charge in [0.1, 0.15) is 24.7 Å². The molecule has 6 nitrogen and oxygen atoms in total. The van der Waals surface area contributed by atoms with E-state index in [4.69, 9.17) is 0 Å². The molecule has 2 saturated carbocycles. The number of guanidine groups is 1. The molecule has 9 unspecified atom stereocenters. The van der Waals surface area contributed by atoms with Crippen LogP contribution in [-0.2, 0) is 4.79 Å². The zero-order valence-electron chi connectivity index (χ0n) is 18.8. The van der Waals surface area contributed by atoms with Gasteiger partial charge in [-0.15, -0.1) is 0 Å². The highest BCUT2D eigenvalue weighted by atomic mass is 19.2. The van der Waals surface area contributed by atoms with Crippen LogP contribution in [0.25, 0.3) is 0 Å². The van der Waals surface area contributed by atoms with Crippen molar-refractivity contribution in [2.24, 2.45) is 22.7 Å². The van der Waals surface area contributed by atoms with Crippen LogP contribution in [0.2, 0.25) is 0 Å². The van der Waals surface area contributed by atoms with Crippen molar-refractivity contribution in [3.05, 3.63) is 0 Å². The van der Waals surface area contributed by atoms with E-state index in [9.17, 15) is 18.0 Å². The summed E-state index contributed by atoms with van der Waals surface area (Å²) in [6.45, 7) is 5.98. The van der Waals surface area contributed by atoms with Gasteiger partial charge in [-0.25, -0.2) is 23.6 Å². The molecule has 1 saturated heterocycles. The van der Waals surface area contributed by atoms with Crippen molar-refractivity contribution in [1.82, 2.24) is 21.5 Å². The maximum Gasteiger partial charge on any atom is 0.229 e. The van der Waals surface area contributed by atoms with Gasteiger partial charge in [-0.05, 0) is 63.7 Å². The third kappa shape index (κ3) is 6.57. The first-order chi connectivity index (χ1) is 14.8. The lowest BCUT2D eigenvalue weighted by Gasteiger charge is -2.32. The van der Waals surface area contributed by atoms with Gasteiger partial charge in [-0.3, -0.25) is 15.5 Å². The molecule has 1 heterocycles. The van der Waals surface area contributed by atoms with E-state index in [1.165, 1.54) is 0 Å². The second-order valence-corrected chi connectivity index (χ2v) is 9.68. The average molecular weight is 446 g/mol. The van der Waals surface area contributed by atoms with Crippen LogP contribution in [0.3, 0.4) is 0 Å². The van der Waals surface area contributed by atoms with Crippen LogP contribution in [0.4, 0.5) is 13.2 Å². The smallest absolute Gasteiger partial charge is 0.229 e. The molecule has 2 aliphatic carbocycles. The Bertz CT molecular complexity index is 636. The summed E-state index contributed by atoms with van der Waals surface area (Å²) < 4.78 is 41.3. The fraction of sp³-hybridized carbons (Fsp3) is 0.909. The van der Waals surface area contributed by atoms with Crippen molar-refractivity contribution in [3.63, 3.8) is 0 Å². The largest absolute Gasteiger partial charge is 0.354 e. The van der Waals surface area contributed by atoms with Crippen molar-refractivity contribution in [1.29, 1.82) is 0 Å². The van der Waals surface area contributed by atoms with Crippen molar-refractivity contribution in [2.45, 2.75) is 109 Å². The van der Waals surface area contributed by atoms with E-state index in [0.29, 0.717) is 25.2 Å². The van der Waals surface area contributed by atoms with E-state index in [2.05, 4.69) is 26.5 Å². The molecule has 3 rings (SSSR count). The Morgan fingerprint density at radius 2 is 1.81 bits per heavy atom. The summed E-state index contributed by atoms with van der Waals surface area (Å²) in [6.07, 6.45) is 0.202. The molecule has 0 aromatic heterocycles. The van der Waals surface area contributed by atoms with Gasteiger partial charge in [0.15, 0.2) is 5.96 Å². The Balaban J connectivity index is 1.60. The number of amides is 1. The minimum Gasteiger partial charge on any atom is -0.354 e. The SMILES string of the molecule is CCC(C)N/C(=N\C1CC(C2CCC(C)C(F)C2)NN1)NC(=O)C1CCC(F)C(F)C1. The minimum absolute atomic E-state index is 0.0653. The predicted octanol–water partition coefficient (Wildman–Crippen LogP) is 3.29.